The van der Waals surface area contributed by atoms with E-state index in [9.17, 15) is 13.2 Å². The number of halogens is 4. The van der Waals surface area contributed by atoms with Gasteiger partial charge in [0, 0.05) is 32.4 Å². The lowest BCUT2D eigenvalue weighted by atomic mass is 10.2. The summed E-state index contributed by atoms with van der Waals surface area (Å²) in [6.45, 7) is 3.89. The maximum absolute atomic E-state index is 13.2. The summed E-state index contributed by atoms with van der Waals surface area (Å²) in [5.41, 5.74) is -0.587. The van der Waals surface area contributed by atoms with Gasteiger partial charge in [0.2, 0.25) is 0 Å². The molecule has 22 heavy (non-hydrogen) atoms. The number of fused-ring (bicyclic) bond motifs is 1. The molecule has 0 amide bonds. The fourth-order valence-electron chi connectivity index (χ4n) is 2.55. The van der Waals surface area contributed by atoms with Crippen molar-refractivity contribution in [3.8, 4) is 0 Å². The van der Waals surface area contributed by atoms with Crippen molar-refractivity contribution in [1.82, 2.24) is 19.4 Å². The molecule has 1 fully saturated rings. The molecule has 1 saturated heterocycles. The minimum atomic E-state index is -4.49. The topological polar surface area (TPSA) is 43.2 Å². The van der Waals surface area contributed by atoms with Gasteiger partial charge in [-0.25, -0.2) is 9.97 Å². The Morgan fingerprint density at radius 2 is 1.91 bits per heavy atom. The molecule has 0 aliphatic carbocycles. The summed E-state index contributed by atoms with van der Waals surface area (Å²) in [5.74, 6) is 0. The van der Waals surface area contributed by atoms with Crippen LogP contribution in [0.4, 0.5) is 13.2 Å². The van der Waals surface area contributed by atoms with Crippen molar-refractivity contribution >= 4 is 22.6 Å². The van der Waals surface area contributed by atoms with E-state index < -0.39 is 11.7 Å². The molecule has 9 heteroatoms. The molecule has 0 aromatic carbocycles. The van der Waals surface area contributed by atoms with Crippen LogP contribution in [0.1, 0.15) is 5.56 Å². The van der Waals surface area contributed by atoms with Crippen LogP contribution in [0.2, 0.25) is 5.15 Å². The van der Waals surface area contributed by atoms with Gasteiger partial charge in [0.15, 0.2) is 0 Å². The molecule has 1 aliphatic rings. The highest BCUT2D eigenvalue weighted by molar-refractivity contribution is 6.34. The van der Waals surface area contributed by atoms with E-state index in [1.54, 1.807) is 0 Å². The number of ether oxygens (including phenoxy) is 1. The predicted octanol–water partition coefficient (Wildman–Crippen LogP) is 2.44. The fourth-order valence-corrected chi connectivity index (χ4v) is 2.78. The second kappa shape index (κ2) is 6.02. The number of hydrogen-bond donors (Lipinski definition) is 0. The third-order valence-electron chi connectivity index (χ3n) is 3.67. The summed E-state index contributed by atoms with van der Waals surface area (Å²) >= 11 is 5.84. The summed E-state index contributed by atoms with van der Waals surface area (Å²) in [7, 11) is 0. The van der Waals surface area contributed by atoms with Crippen LogP contribution < -0.4 is 0 Å². The zero-order valence-electron chi connectivity index (χ0n) is 11.6. The first-order valence-corrected chi connectivity index (χ1v) is 7.21. The average molecular weight is 335 g/mol. The molecule has 0 atom stereocenters. The SMILES string of the molecule is FC(F)(F)c1cn(CCN2CCOCC2)c2ncnc(Cl)c12. The molecule has 0 radical (unpaired) electrons. The van der Waals surface area contributed by atoms with Gasteiger partial charge in [-0.15, -0.1) is 0 Å². The molecule has 2 aromatic rings. The van der Waals surface area contributed by atoms with E-state index in [1.807, 2.05) is 0 Å². The summed E-state index contributed by atoms with van der Waals surface area (Å²) < 4.78 is 46.2. The number of aromatic nitrogens is 3. The van der Waals surface area contributed by atoms with Gasteiger partial charge in [0.1, 0.15) is 17.1 Å². The highest BCUT2D eigenvalue weighted by atomic mass is 35.5. The first-order chi connectivity index (χ1) is 10.5. The van der Waals surface area contributed by atoms with Crippen LogP contribution in [0, 0.1) is 0 Å². The fraction of sp³-hybridized carbons (Fsp3) is 0.538. The van der Waals surface area contributed by atoms with Crippen molar-refractivity contribution in [2.24, 2.45) is 0 Å². The smallest absolute Gasteiger partial charge is 0.379 e. The van der Waals surface area contributed by atoms with Gasteiger partial charge in [-0.1, -0.05) is 11.6 Å². The van der Waals surface area contributed by atoms with Gasteiger partial charge in [-0.2, -0.15) is 13.2 Å². The van der Waals surface area contributed by atoms with E-state index in [0.717, 1.165) is 19.3 Å². The molecule has 120 valence electrons. The minimum Gasteiger partial charge on any atom is -0.379 e. The van der Waals surface area contributed by atoms with Crippen LogP contribution in [0.15, 0.2) is 12.5 Å². The quantitative estimate of drug-likeness (QED) is 0.809. The maximum atomic E-state index is 13.2. The molecule has 1 aliphatic heterocycles. The molecule has 0 N–H and O–H groups in total. The van der Waals surface area contributed by atoms with Gasteiger partial charge in [0.25, 0.3) is 0 Å². The normalized spacial score (nSPS) is 17.3. The lowest BCUT2D eigenvalue weighted by Gasteiger charge is -2.26. The Morgan fingerprint density at radius 1 is 1.18 bits per heavy atom. The predicted molar refractivity (Wildman–Crippen MR) is 74.8 cm³/mol. The van der Waals surface area contributed by atoms with E-state index >= 15 is 0 Å². The third-order valence-corrected chi connectivity index (χ3v) is 3.96. The number of hydrogen-bond acceptors (Lipinski definition) is 4. The molecule has 2 aromatic heterocycles. The molecular weight excluding hydrogens is 321 g/mol. The van der Waals surface area contributed by atoms with Crippen LogP contribution in [-0.4, -0.2) is 52.3 Å². The van der Waals surface area contributed by atoms with E-state index in [1.165, 1.54) is 10.9 Å². The number of morpholine rings is 1. The van der Waals surface area contributed by atoms with E-state index in [4.69, 9.17) is 16.3 Å². The second-order valence-electron chi connectivity index (χ2n) is 5.05. The van der Waals surface area contributed by atoms with Crippen molar-refractivity contribution in [3.63, 3.8) is 0 Å². The van der Waals surface area contributed by atoms with Crippen molar-refractivity contribution in [2.45, 2.75) is 12.7 Å². The Labute approximate surface area is 129 Å². The highest BCUT2D eigenvalue weighted by Crippen LogP contribution is 2.37. The first-order valence-electron chi connectivity index (χ1n) is 6.83. The first kappa shape index (κ1) is 15.5. The van der Waals surface area contributed by atoms with E-state index in [0.29, 0.717) is 26.3 Å². The van der Waals surface area contributed by atoms with Crippen LogP contribution in [0.5, 0.6) is 0 Å². The molecule has 3 heterocycles. The van der Waals surface area contributed by atoms with Crippen molar-refractivity contribution in [3.05, 3.63) is 23.2 Å². The average Bonchev–Trinajstić information content (AvgIpc) is 2.87. The Morgan fingerprint density at radius 3 is 2.59 bits per heavy atom. The molecular formula is C13H14ClF3N4O. The number of nitrogens with zero attached hydrogens (tertiary/aromatic N) is 4. The second-order valence-corrected chi connectivity index (χ2v) is 5.41. The van der Waals surface area contributed by atoms with E-state index in [-0.39, 0.29) is 16.2 Å². The molecule has 0 saturated carbocycles. The van der Waals surface area contributed by atoms with Gasteiger partial charge in [0.05, 0.1) is 24.2 Å². The Hall–Kier alpha value is -1.38. The van der Waals surface area contributed by atoms with Crippen molar-refractivity contribution < 1.29 is 17.9 Å². The van der Waals surface area contributed by atoms with Gasteiger partial charge in [-0.3, -0.25) is 4.90 Å². The van der Waals surface area contributed by atoms with Crippen LogP contribution in [-0.2, 0) is 17.5 Å². The summed E-state index contributed by atoms with van der Waals surface area (Å²) in [4.78, 5) is 9.77. The van der Waals surface area contributed by atoms with Crippen LogP contribution in [0.3, 0.4) is 0 Å². The minimum absolute atomic E-state index is 0.140. The Balaban J connectivity index is 1.91. The molecule has 0 spiro atoms. The molecule has 3 rings (SSSR count). The van der Waals surface area contributed by atoms with Crippen LogP contribution in [0.25, 0.3) is 11.0 Å². The standard InChI is InChI=1S/C13H14ClF3N4O/c14-11-10-9(13(15,16)17)7-21(12(10)19-8-18-11)2-1-20-3-5-22-6-4-20/h7-8H,1-6H2. The lowest BCUT2D eigenvalue weighted by molar-refractivity contribution is -0.136. The Kier molecular flexibility index (Phi) is 4.24. The highest BCUT2D eigenvalue weighted by Gasteiger charge is 2.36. The summed E-state index contributed by atoms with van der Waals surface area (Å²) in [5, 5.41) is -0.318. The zero-order valence-corrected chi connectivity index (χ0v) is 12.4. The van der Waals surface area contributed by atoms with Crippen molar-refractivity contribution in [1.29, 1.82) is 0 Å². The molecule has 0 unspecified atom stereocenters. The van der Waals surface area contributed by atoms with Gasteiger partial charge >= 0.3 is 6.18 Å². The zero-order chi connectivity index (χ0) is 15.7. The number of alkyl halides is 3. The van der Waals surface area contributed by atoms with Crippen LogP contribution >= 0.6 is 11.6 Å². The maximum Gasteiger partial charge on any atom is 0.418 e. The molecule has 0 bridgehead atoms. The third kappa shape index (κ3) is 3.04. The van der Waals surface area contributed by atoms with Gasteiger partial charge < -0.3 is 9.30 Å². The van der Waals surface area contributed by atoms with E-state index in [2.05, 4.69) is 14.9 Å². The lowest BCUT2D eigenvalue weighted by Crippen LogP contribution is -2.38. The summed E-state index contributed by atoms with van der Waals surface area (Å²) in [6.07, 6.45) is -2.25. The summed E-state index contributed by atoms with van der Waals surface area (Å²) in [6, 6.07) is 0. The van der Waals surface area contributed by atoms with Crippen molar-refractivity contribution in [2.75, 3.05) is 32.8 Å². The monoisotopic (exact) mass is 334 g/mol. The number of rotatable bonds is 3. The largest absolute Gasteiger partial charge is 0.418 e. The Bertz CT molecular complexity index is 667. The molecule has 5 nitrogen and oxygen atoms in total. The van der Waals surface area contributed by atoms with Gasteiger partial charge in [-0.05, 0) is 0 Å².